The Kier molecular flexibility index (Phi) is 3.22. The van der Waals surface area contributed by atoms with Crippen molar-refractivity contribution >= 4 is 0 Å². The zero-order valence-corrected chi connectivity index (χ0v) is 11.4. The summed E-state index contributed by atoms with van der Waals surface area (Å²) < 4.78 is 18.9. The number of aliphatic hydroxyl groups is 1. The highest BCUT2D eigenvalue weighted by molar-refractivity contribution is 5.47. The lowest BCUT2D eigenvalue weighted by Crippen LogP contribution is -2.25. The van der Waals surface area contributed by atoms with Gasteiger partial charge in [0, 0.05) is 18.4 Å². The lowest BCUT2D eigenvalue weighted by atomic mass is 9.87. The summed E-state index contributed by atoms with van der Waals surface area (Å²) in [4.78, 5) is 0. The van der Waals surface area contributed by atoms with Gasteiger partial charge in [-0.1, -0.05) is 30.3 Å². The molecule has 2 nitrogen and oxygen atoms in total. The van der Waals surface area contributed by atoms with Gasteiger partial charge in [0.05, 0.1) is 12.2 Å². The van der Waals surface area contributed by atoms with Gasteiger partial charge in [0.15, 0.2) is 0 Å². The van der Waals surface area contributed by atoms with E-state index < -0.39 is 5.60 Å². The molecule has 0 fully saturated rings. The van der Waals surface area contributed by atoms with E-state index in [4.69, 9.17) is 4.74 Å². The average Bonchev–Trinajstić information content (AvgIpc) is 2.85. The van der Waals surface area contributed by atoms with Crippen LogP contribution in [0.5, 0.6) is 5.75 Å². The molecule has 0 bridgehead atoms. The van der Waals surface area contributed by atoms with E-state index in [9.17, 15) is 9.50 Å². The van der Waals surface area contributed by atoms with Crippen molar-refractivity contribution in [2.75, 3.05) is 6.61 Å². The molecule has 1 N–H and O–H groups in total. The minimum atomic E-state index is -1.08. The summed E-state index contributed by atoms with van der Waals surface area (Å²) >= 11 is 0. The number of benzene rings is 2. The van der Waals surface area contributed by atoms with Crippen molar-refractivity contribution in [1.82, 2.24) is 0 Å². The molecule has 3 heteroatoms. The Balaban J connectivity index is 1.94. The third-order valence-corrected chi connectivity index (χ3v) is 3.73. The minimum absolute atomic E-state index is 0.284. The van der Waals surface area contributed by atoms with E-state index in [2.05, 4.69) is 0 Å². The summed E-state index contributed by atoms with van der Waals surface area (Å²) in [6.45, 7) is 2.40. The second kappa shape index (κ2) is 4.91. The predicted molar refractivity (Wildman–Crippen MR) is 75.3 cm³/mol. The van der Waals surface area contributed by atoms with Crippen LogP contribution in [-0.2, 0) is 18.4 Å². The van der Waals surface area contributed by atoms with E-state index >= 15 is 0 Å². The van der Waals surface area contributed by atoms with Gasteiger partial charge in [-0.15, -0.1) is 0 Å². The van der Waals surface area contributed by atoms with Crippen LogP contribution in [0.2, 0.25) is 0 Å². The molecule has 1 aliphatic heterocycles. The van der Waals surface area contributed by atoms with Gasteiger partial charge < -0.3 is 9.84 Å². The van der Waals surface area contributed by atoms with Gasteiger partial charge in [-0.25, -0.2) is 4.39 Å². The highest BCUT2D eigenvalue weighted by Crippen LogP contribution is 2.37. The molecule has 3 rings (SSSR count). The first kappa shape index (κ1) is 13.1. The lowest BCUT2D eigenvalue weighted by Gasteiger charge is -2.26. The molecule has 0 aromatic heterocycles. The molecule has 20 heavy (non-hydrogen) atoms. The maximum absolute atomic E-state index is 13.3. The summed E-state index contributed by atoms with van der Waals surface area (Å²) in [5.74, 6) is 0.502. The normalized spacial score (nSPS) is 16.4. The molecule has 0 radical (unpaired) electrons. The maximum atomic E-state index is 13.3. The van der Waals surface area contributed by atoms with Crippen LogP contribution in [0.25, 0.3) is 0 Å². The molecule has 1 aliphatic rings. The number of para-hydroxylation sites is 1. The number of hydrogen-bond donors (Lipinski definition) is 1. The smallest absolute Gasteiger partial charge is 0.128 e. The largest absolute Gasteiger partial charge is 0.493 e. The standard InChI is InChI=1S/C17H17FO2/c1-17(19,11-12-4-2-6-14(18)10-12)15-7-3-5-13-8-9-20-16(13)15/h2-7,10,19H,8-9,11H2,1H3. The van der Waals surface area contributed by atoms with Crippen LogP contribution in [-0.4, -0.2) is 11.7 Å². The number of ether oxygens (including phenoxy) is 1. The summed E-state index contributed by atoms with van der Waals surface area (Å²) in [5.41, 5.74) is 1.59. The van der Waals surface area contributed by atoms with Gasteiger partial charge in [-0.05, 0) is 30.2 Å². The van der Waals surface area contributed by atoms with Crippen molar-refractivity contribution < 1.29 is 14.2 Å². The topological polar surface area (TPSA) is 29.5 Å². The zero-order chi connectivity index (χ0) is 14.2. The summed E-state index contributed by atoms with van der Waals surface area (Å²) in [6.07, 6.45) is 1.23. The lowest BCUT2D eigenvalue weighted by molar-refractivity contribution is 0.0548. The Morgan fingerprint density at radius 3 is 2.85 bits per heavy atom. The Labute approximate surface area is 117 Å². The molecule has 0 amide bonds. The van der Waals surface area contributed by atoms with Gasteiger partial charge in [0.25, 0.3) is 0 Å². The van der Waals surface area contributed by atoms with E-state index in [1.165, 1.54) is 12.1 Å². The molecule has 0 saturated heterocycles. The second-order valence-corrected chi connectivity index (χ2v) is 5.47. The fourth-order valence-corrected chi connectivity index (χ4v) is 2.78. The van der Waals surface area contributed by atoms with Crippen molar-refractivity contribution in [3.63, 3.8) is 0 Å². The molecule has 1 heterocycles. The van der Waals surface area contributed by atoms with E-state index in [0.29, 0.717) is 13.0 Å². The van der Waals surface area contributed by atoms with E-state index in [0.717, 1.165) is 28.9 Å². The van der Waals surface area contributed by atoms with Crippen LogP contribution in [0.4, 0.5) is 4.39 Å². The number of halogens is 1. The number of rotatable bonds is 3. The van der Waals surface area contributed by atoms with Crippen molar-refractivity contribution in [2.45, 2.75) is 25.4 Å². The van der Waals surface area contributed by atoms with Gasteiger partial charge in [0.2, 0.25) is 0 Å². The first-order valence-electron chi connectivity index (χ1n) is 6.78. The van der Waals surface area contributed by atoms with Gasteiger partial charge >= 0.3 is 0 Å². The van der Waals surface area contributed by atoms with Crippen molar-refractivity contribution in [2.24, 2.45) is 0 Å². The van der Waals surface area contributed by atoms with E-state index in [1.807, 2.05) is 24.3 Å². The molecule has 0 spiro atoms. The Morgan fingerprint density at radius 1 is 1.25 bits per heavy atom. The molecule has 1 atom stereocenters. The number of fused-ring (bicyclic) bond motifs is 1. The SMILES string of the molecule is CC(O)(Cc1cccc(F)c1)c1cccc2c1OCC2. The van der Waals surface area contributed by atoms with Gasteiger partial charge in [-0.3, -0.25) is 0 Å². The maximum Gasteiger partial charge on any atom is 0.128 e. The van der Waals surface area contributed by atoms with Crippen molar-refractivity contribution in [1.29, 1.82) is 0 Å². The first-order chi connectivity index (χ1) is 9.56. The van der Waals surface area contributed by atoms with Crippen molar-refractivity contribution in [3.05, 3.63) is 65.0 Å². The van der Waals surface area contributed by atoms with E-state index in [1.54, 1.807) is 13.0 Å². The highest BCUT2D eigenvalue weighted by atomic mass is 19.1. The number of hydrogen-bond acceptors (Lipinski definition) is 2. The quantitative estimate of drug-likeness (QED) is 0.929. The van der Waals surface area contributed by atoms with Gasteiger partial charge in [-0.2, -0.15) is 0 Å². The molecule has 0 saturated carbocycles. The first-order valence-corrected chi connectivity index (χ1v) is 6.78. The molecule has 0 aliphatic carbocycles. The van der Waals surface area contributed by atoms with Crippen LogP contribution < -0.4 is 4.74 Å². The van der Waals surface area contributed by atoms with Crippen LogP contribution in [0, 0.1) is 5.82 Å². The highest BCUT2D eigenvalue weighted by Gasteiger charge is 2.30. The molecule has 104 valence electrons. The van der Waals surface area contributed by atoms with Crippen LogP contribution in [0.15, 0.2) is 42.5 Å². The summed E-state index contributed by atoms with van der Waals surface area (Å²) in [6, 6.07) is 12.2. The molecule has 1 unspecified atom stereocenters. The second-order valence-electron chi connectivity index (χ2n) is 5.47. The molecule has 2 aromatic rings. The van der Waals surface area contributed by atoms with Crippen LogP contribution >= 0.6 is 0 Å². The predicted octanol–water partition coefficient (Wildman–Crippen LogP) is 3.21. The fraction of sp³-hybridized carbons (Fsp3) is 0.294. The fourth-order valence-electron chi connectivity index (χ4n) is 2.78. The average molecular weight is 272 g/mol. The Morgan fingerprint density at radius 2 is 2.05 bits per heavy atom. The van der Waals surface area contributed by atoms with Crippen molar-refractivity contribution in [3.8, 4) is 5.75 Å². The molecule has 2 aromatic carbocycles. The van der Waals surface area contributed by atoms with Crippen LogP contribution in [0.3, 0.4) is 0 Å². The monoisotopic (exact) mass is 272 g/mol. The van der Waals surface area contributed by atoms with Crippen LogP contribution in [0.1, 0.15) is 23.6 Å². The summed E-state index contributed by atoms with van der Waals surface area (Å²) in [7, 11) is 0. The minimum Gasteiger partial charge on any atom is -0.493 e. The Hall–Kier alpha value is -1.87. The Bertz CT molecular complexity index is 635. The molecular formula is C17H17FO2. The summed E-state index contributed by atoms with van der Waals surface area (Å²) in [5, 5.41) is 10.8. The van der Waals surface area contributed by atoms with Gasteiger partial charge in [0.1, 0.15) is 11.6 Å². The zero-order valence-electron chi connectivity index (χ0n) is 11.4. The van der Waals surface area contributed by atoms with E-state index in [-0.39, 0.29) is 5.82 Å². The molecular weight excluding hydrogens is 255 g/mol. The third kappa shape index (κ3) is 2.41. The third-order valence-electron chi connectivity index (χ3n) is 3.73.